The van der Waals surface area contributed by atoms with Crippen molar-refractivity contribution in [3.05, 3.63) is 12.2 Å². The molecule has 0 radical (unpaired) electrons. The van der Waals surface area contributed by atoms with Gasteiger partial charge in [0.25, 0.3) is 0 Å². The smallest absolute Gasteiger partial charge is 0.408 e. The number of hydrogen-bond donors (Lipinski definition) is 1. The van der Waals surface area contributed by atoms with Gasteiger partial charge in [0.1, 0.15) is 5.60 Å². The molecule has 1 N–H and O–H groups in total. The zero-order chi connectivity index (χ0) is 15.1. The molecule has 0 bridgehead atoms. The lowest BCUT2D eigenvalue weighted by Gasteiger charge is -2.24. The lowest BCUT2D eigenvalue weighted by molar-refractivity contribution is -0.139. The molecule has 110 valence electrons. The molecule has 0 saturated carbocycles. The van der Waals surface area contributed by atoms with Crippen LogP contribution in [0, 0.1) is 5.92 Å². The summed E-state index contributed by atoms with van der Waals surface area (Å²) in [6.07, 6.45) is 3.20. The molecule has 0 spiro atoms. The summed E-state index contributed by atoms with van der Waals surface area (Å²) in [4.78, 5) is 22.7. The van der Waals surface area contributed by atoms with Crippen LogP contribution < -0.4 is 5.32 Å². The molecule has 0 aliphatic heterocycles. The van der Waals surface area contributed by atoms with E-state index in [1.54, 1.807) is 12.2 Å². The van der Waals surface area contributed by atoms with Crippen LogP contribution in [0.4, 0.5) is 4.79 Å². The Hall–Kier alpha value is -1.52. The van der Waals surface area contributed by atoms with Gasteiger partial charge in [0.05, 0.1) is 19.6 Å². The van der Waals surface area contributed by atoms with Gasteiger partial charge in [0, 0.05) is 0 Å². The van der Waals surface area contributed by atoms with Crippen molar-refractivity contribution in [2.24, 2.45) is 5.92 Å². The second kappa shape index (κ2) is 7.81. The highest BCUT2D eigenvalue weighted by Gasteiger charge is 2.19. The quantitative estimate of drug-likeness (QED) is 0.616. The SMILES string of the molecule is COC(=O)C/C=C/[C@@H](NC(=O)OC(C)(C)C)C(C)C. The summed E-state index contributed by atoms with van der Waals surface area (Å²) < 4.78 is 9.73. The number of carbonyl (C=O) groups excluding carboxylic acids is 2. The molecule has 19 heavy (non-hydrogen) atoms. The van der Waals surface area contributed by atoms with Crippen molar-refractivity contribution in [1.82, 2.24) is 5.32 Å². The van der Waals surface area contributed by atoms with Gasteiger partial charge in [-0.15, -0.1) is 0 Å². The Labute approximate surface area is 115 Å². The molecule has 1 amide bonds. The molecule has 0 aliphatic rings. The molecule has 0 aromatic rings. The fourth-order valence-corrected chi connectivity index (χ4v) is 1.27. The maximum absolute atomic E-state index is 11.7. The zero-order valence-corrected chi connectivity index (χ0v) is 12.6. The van der Waals surface area contributed by atoms with E-state index in [0.717, 1.165) is 0 Å². The van der Waals surface area contributed by atoms with Crippen LogP contribution in [0.1, 0.15) is 41.0 Å². The summed E-state index contributed by atoms with van der Waals surface area (Å²) in [5.41, 5.74) is -0.526. The summed E-state index contributed by atoms with van der Waals surface area (Å²) in [5, 5.41) is 2.76. The van der Waals surface area contributed by atoms with E-state index in [2.05, 4.69) is 10.1 Å². The van der Waals surface area contributed by atoms with Crippen molar-refractivity contribution in [3.8, 4) is 0 Å². The van der Waals surface area contributed by atoms with Gasteiger partial charge in [0.15, 0.2) is 0 Å². The van der Waals surface area contributed by atoms with Gasteiger partial charge in [-0.2, -0.15) is 0 Å². The van der Waals surface area contributed by atoms with Crippen LogP contribution in [0.5, 0.6) is 0 Å². The van der Waals surface area contributed by atoms with Crippen LogP contribution in [0.2, 0.25) is 0 Å². The van der Waals surface area contributed by atoms with Crippen molar-refractivity contribution in [2.75, 3.05) is 7.11 Å². The van der Waals surface area contributed by atoms with Gasteiger partial charge in [-0.3, -0.25) is 4.79 Å². The van der Waals surface area contributed by atoms with E-state index in [-0.39, 0.29) is 24.3 Å². The number of rotatable bonds is 5. The number of carbonyl (C=O) groups is 2. The molecule has 5 nitrogen and oxygen atoms in total. The fourth-order valence-electron chi connectivity index (χ4n) is 1.27. The summed E-state index contributed by atoms with van der Waals surface area (Å²) >= 11 is 0. The third-order valence-electron chi connectivity index (χ3n) is 2.26. The van der Waals surface area contributed by atoms with Crippen molar-refractivity contribution in [3.63, 3.8) is 0 Å². The lowest BCUT2D eigenvalue weighted by atomic mass is 10.0. The standard InChI is InChI=1S/C14H25NO4/c1-10(2)11(8-7-9-12(16)18-6)15-13(17)19-14(3,4)5/h7-8,10-11H,9H2,1-6H3,(H,15,17)/b8-7+/t11-/m1/s1. The molecule has 5 heteroatoms. The van der Waals surface area contributed by atoms with Gasteiger partial charge in [-0.25, -0.2) is 4.79 Å². The van der Waals surface area contributed by atoms with Crippen molar-refractivity contribution < 1.29 is 19.1 Å². The molecule has 0 rings (SSSR count). The summed E-state index contributed by atoms with van der Waals surface area (Å²) in [6, 6.07) is -0.181. The molecule has 0 aromatic heterocycles. The second-order valence-corrected chi connectivity index (χ2v) is 5.62. The van der Waals surface area contributed by atoms with E-state index >= 15 is 0 Å². The Morgan fingerprint density at radius 1 is 1.26 bits per heavy atom. The highest BCUT2D eigenvalue weighted by atomic mass is 16.6. The Morgan fingerprint density at radius 2 is 1.84 bits per heavy atom. The maximum atomic E-state index is 11.7. The van der Waals surface area contributed by atoms with Crippen LogP contribution in [0.15, 0.2) is 12.2 Å². The van der Waals surface area contributed by atoms with Crippen molar-refractivity contribution >= 4 is 12.1 Å². The van der Waals surface area contributed by atoms with E-state index in [0.29, 0.717) is 0 Å². The Balaban J connectivity index is 4.42. The van der Waals surface area contributed by atoms with Crippen molar-refractivity contribution in [2.45, 2.75) is 52.7 Å². The Kier molecular flexibility index (Phi) is 7.19. The number of ether oxygens (including phenoxy) is 2. The zero-order valence-electron chi connectivity index (χ0n) is 12.6. The van der Waals surface area contributed by atoms with Crippen LogP contribution in [-0.4, -0.2) is 30.8 Å². The number of esters is 1. The first kappa shape index (κ1) is 17.5. The first-order chi connectivity index (χ1) is 8.65. The molecule has 0 aliphatic carbocycles. The number of hydrogen-bond acceptors (Lipinski definition) is 4. The monoisotopic (exact) mass is 271 g/mol. The molecule has 0 unspecified atom stereocenters. The predicted octanol–water partition coefficient (Wildman–Crippen LogP) is 2.66. The van der Waals surface area contributed by atoms with E-state index in [9.17, 15) is 9.59 Å². The van der Waals surface area contributed by atoms with E-state index in [1.165, 1.54) is 7.11 Å². The lowest BCUT2D eigenvalue weighted by Crippen LogP contribution is -2.40. The molecular weight excluding hydrogens is 246 g/mol. The molecule has 0 saturated heterocycles. The number of methoxy groups -OCH3 is 1. The largest absolute Gasteiger partial charge is 0.469 e. The van der Waals surface area contributed by atoms with Crippen LogP contribution in [-0.2, 0) is 14.3 Å². The van der Waals surface area contributed by atoms with Gasteiger partial charge in [0.2, 0.25) is 0 Å². The number of amides is 1. The predicted molar refractivity (Wildman–Crippen MR) is 73.8 cm³/mol. The van der Waals surface area contributed by atoms with E-state index < -0.39 is 11.7 Å². The van der Waals surface area contributed by atoms with Gasteiger partial charge in [-0.1, -0.05) is 26.0 Å². The van der Waals surface area contributed by atoms with Crippen LogP contribution >= 0.6 is 0 Å². The Morgan fingerprint density at radius 3 is 2.26 bits per heavy atom. The summed E-state index contributed by atoms with van der Waals surface area (Å²) in [5.74, 6) is -0.113. The van der Waals surface area contributed by atoms with Gasteiger partial charge < -0.3 is 14.8 Å². The highest BCUT2D eigenvalue weighted by molar-refractivity contribution is 5.71. The summed E-state index contributed by atoms with van der Waals surface area (Å²) in [6.45, 7) is 9.38. The molecular formula is C14H25NO4. The minimum atomic E-state index is -0.526. The average Bonchev–Trinajstić information content (AvgIpc) is 2.24. The molecule has 0 heterocycles. The summed E-state index contributed by atoms with van der Waals surface area (Å²) in [7, 11) is 1.34. The number of nitrogens with one attached hydrogen (secondary N) is 1. The maximum Gasteiger partial charge on any atom is 0.408 e. The minimum Gasteiger partial charge on any atom is -0.469 e. The minimum absolute atomic E-state index is 0.181. The Bertz CT molecular complexity index is 329. The fraction of sp³-hybridized carbons (Fsp3) is 0.714. The molecule has 0 fully saturated rings. The first-order valence-corrected chi connectivity index (χ1v) is 6.38. The second-order valence-electron chi connectivity index (χ2n) is 5.62. The third kappa shape index (κ3) is 9.11. The van der Waals surface area contributed by atoms with Gasteiger partial charge in [-0.05, 0) is 26.7 Å². The topological polar surface area (TPSA) is 64.6 Å². The van der Waals surface area contributed by atoms with Crippen molar-refractivity contribution in [1.29, 1.82) is 0 Å². The molecule has 0 aromatic carbocycles. The van der Waals surface area contributed by atoms with E-state index in [4.69, 9.17) is 4.74 Å². The van der Waals surface area contributed by atoms with Crippen LogP contribution in [0.3, 0.4) is 0 Å². The normalized spacial score (nSPS) is 13.4. The highest BCUT2D eigenvalue weighted by Crippen LogP contribution is 2.09. The molecule has 1 atom stereocenters. The number of alkyl carbamates (subject to hydrolysis) is 1. The van der Waals surface area contributed by atoms with Gasteiger partial charge >= 0.3 is 12.1 Å². The average molecular weight is 271 g/mol. The van der Waals surface area contributed by atoms with Crippen LogP contribution in [0.25, 0.3) is 0 Å². The third-order valence-corrected chi connectivity index (χ3v) is 2.26. The van der Waals surface area contributed by atoms with E-state index in [1.807, 2.05) is 34.6 Å². The first-order valence-electron chi connectivity index (χ1n) is 6.38.